The van der Waals surface area contributed by atoms with Crippen molar-refractivity contribution in [1.29, 1.82) is 0 Å². The molecule has 0 saturated carbocycles. The molecule has 2 rings (SSSR count). The number of nitrogens with one attached hydrogen (secondary N) is 1. The van der Waals surface area contributed by atoms with Gasteiger partial charge < -0.3 is 10.2 Å². The van der Waals surface area contributed by atoms with E-state index in [4.69, 9.17) is 10.6 Å². The standard InChI is InChI=1S/C12H20N4O3S/c1-16(9-10-4-2-3-7-19-10)20(17,18)11-5-6-14-12(8-11)15-13/h5-6,8,10H,2-4,7,9,13H2,1H3,(H,14,15). The summed E-state index contributed by atoms with van der Waals surface area (Å²) in [5.41, 5.74) is 2.34. The number of hydrazine groups is 1. The largest absolute Gasteiger partial charge is 0.377 e. The number of aromatic nitrogens is 1. The summed E-state index contributed by atoms with van der Waals surface area (Å²) in [7, 11) is -1.99. The van der Waals surface area contributed by atoms with Crippen molar-refractivity contribution in [1.82, 2.24) is 9.29 Å². The Bertz CT molecular complexity index is 543. The highest BCUT2D eigenvalue weighted by molar-refractivity contribution is 7.89. The van der Waals surface area contributed by atoms with Gasteiger partial charge in [0.15, 0.2) is 0 Å². The maximum absolute atomic E-state index is 12.4. The van der Waals surface area contributed by atoms with Gasteiger partial charge in [0.05, 0.1) is 11.0 Å². The predicted molar refractivity (Wildman–Crippen MR) is 75.5 cm³/mol. The fourth-order valence-corrected chi connectivity index (χ4v) is 3.38. The third-order valence-electron chi connectivity index (χ3n) is 3.32. The van der Waals surface area contributed by atoms with Crippen molar-refractivity contribution in [2.24, 2.45) is 5.84 Å². The third kappa shape index (κ3) is 3.45. The first-order chi connectivity index (χ1) is 9.54. The summed E-state index contributed by atoms with van der Waals surface area (Å²) < 4.78 is 31.8. The van der Waals surface area contributed by atoms with E-state index in [-0.39, 0.29) is 11.0 Å². The molecule has 0 spiro atoms. The fraction of sp³-hybridized carbons (Fsp3) is 0.583. The van der Waals surface area contributed by atoms with E-state index >= 15 is 0 Å². The molecule has 0 amide bonds. The van der Waals surface area contributed by atoms with E-state index < -0.39 is 10.0 Å². The Morgan fingerprint density at radius 2 is 2.35 bits per heavy atom. The highest BCUT2D eigenvalue weighted by atomic mass is 32.2. The van der Waals surface area contributed by atoms with Crippen LogP contribution in [0.4, 0.5) is 5.82 Å². The molecule has 1 aliphatic heterocycles. The van der Waals surface area contributed by atoms with Gasteiger partial charge in [0.1, 0.15) is 5.82 Å². The smallest absolute Gasteiger partial charge is 0.243 e. The van der Waals surface area contributed by atoms with Crippen LogP contribution in [0, 0.1) is 0 Å². The molecular formula is C12H20N4O3S. The minimum Gasteiger partial charge on any atom is -0.377 e. The number of hydrogen-bond donors (Lipinski definition) is 2. The van der Waals surface area contributed by atoms with Gasteiger partial charge in [-0.1, -0.05) is 0 Å². The van der Waals surface area contributed by atoms with Gasteiger partial charge in [-0.25, -0.2) is 19.2 Å². The van der Waals surface area contributed by atoms with Gasteiger partial charge in [-0.15, -0.1) is 0 Å². The van der Waals surface area contributed by atoms with E-state index in [1.54, 1.807) is 7.05 Å². The van der Waals surface area contributed by atoms with Gasteiger partial charge in [-0.3, -0.25) is 0 Å². The van der Waals surface area contributed by atoms with E-state index in [9.17, 15) is 8.42 Å². The Morgan fingerprint density at radius 3 is 3.00 bits per heavy atom. The molecule has 3 N–H and O–H groups in total. The molecule has 1 unspecified atom stereocenters. The summed E-state index contributed by atoms with van der Waals surface area (Å²) in [4.78, 5) is 4.07. The van der Waals surface area contributed by atoms with Crippen molar-refractivity contribution in [3.05, 3.63) is 18.3 Å². The highest BCUT2D eigenvalue weighted by Crippen LogP contribution is 2.19. The molecule has 1 aromatic rings. The number of anilines is 1. The minimum absolute atomic E-state index is 0.0301. The van der Waals surface area contributed by atoms with Gasteiger partial charge in [-0.05, 0) is 25.3 Å². The van der Waals surface area contributed by atoms with Gasteiger partial charge in [-0.2, -0.15) is 4.31 Å². The molecule has 0 radical (unpaired) electrons. The Morgan fingerprint density at radius 1 is 1.55 bits per heavy atom. The lowest BCUT2D eigenvalue weighted by molar-refractivity contribution is 0.00858. The monoisotopic (exact) mass is 300 g/mol. The van der Waals surface area contributed by atoms with E-state index in [1.807, 2.05) is 0 Å². The second-order valence-corrected chi connectivity index (χ2v) is 6.84. The predicted octanol–water partition coefficient (Wildman–Crippen LogP) is 0.557. The van der Waals surface area contributed by atoms with Crippen LogP contribution in [0.3, 0.4) is 0 Å². The lowest BCUT2D eigenvalue weighted by atomic mass is 10.1. The fourth-order valence-electron chi connectivity index (χ4n) is 2.17. The molecule has 8 heteroatoms. The van der Waals surface area contributed by atoms with Crippen LogP contribution in [0.5, 0.6) is 0 Å². The van der Waals surface area contributed by atoms with E-state index in [2.05, 4.69) is 10.4 Å². The molecule has 1 fully saturated rings. The SMILES string of the molecule is CN(CC1CCCCO1)S(=O)(=O)c1ccnc(NN)c1. The third-order valence-corrected chi connectivity index (χ3v) is 5.14. The molecule has 2 heterocycles. The average Bonchev–Trinajstić information content (AvgIpc) is 2.48. The number of likely N-dealkylation sites (N-methyl/N-ethyl adjacent to an activating group) is 1. The average molecular weight is 300 g/mol. The number of nitrogen functional groups attached to an aromatic ring is 1. The summed E-state index contributed by atoms with van der Waals surface area (Å²) in [5.74, 6) is 5.56. The molecule has 7 nitrogen and oxygen atoms in total. The summed E-state index contributed by atoms with van der Waals surface area (Å²) >= 11 is 0. The lowest BCUT2D eigenvalue weighted by Crippen LogP contribution is -2.37. The molecule has 1 aromatic heterocycles. The Kier molecular flexibility index (Phi) is 4.92. The number of nitrogens with zero attached hydrogens (tertiary/aromatic N) is 2. The first-order valence-electron chi connectivity index (χ1n) is 6.54. The summed E-state index contributed by atoms with van der Waals surface area (Å²) in [6.45, 7) is 1.06. The van der Waals surface area contributed by atoms with Crippen molar-refractivity contribution in [2.75, 3.05) is 25.6 Å². The second kappa shape index (κ2) is 6.49. The Hall–Kier alpha value is -1.22. The zero-order valence-corrected chi connectivity index (χ0v) is 12.3. The number of nitrogens with two attached hydrogens (primary N) is 1. The molecule has 112 valence electrons. The van der Waals surface area contributed by atoms with E-state index in [0.717, 1.165) is 19.3 Å². The van der Waals surface area contributed by atoms with Gasteiger partial charge in [0.25, 0.3) is 0 Å². The lowest BCUT2D eigenvalue weighted by Gasteiger charge is -2.27. The van der Waals surface area contributed by atoms with Gasteiger partial charge >= 0.3 is 0 Å². The van der Waals surface area contributed by atoms with E-state index in [0.29, 0.717) is 19.0 Å². The Balaban J connectivity index is 2.11. The Labute approximate surface area is 119 Å². The van der Waals surface area contributed by atoms with Crippen LogP contribution in [0.1, 0.15) is 19.3 Å². The maximum atomic E-state index is 12.4. The highest BCUT2D eigenvalue weighted by Gasteiger charge is 2.25. The van der Waals surface area contributed by atoms with Gasteiger partial charge in [0.2, 0.25) is 10.0 Å². The molecule has 0 aromatic carbocycles. The van der Waals surface area contributed by atoms with Gasteiger partial charge in [0, 0.05) is 32.5 Å². The number of sulfonamides is 1. The number of rotatable bonds is 5. The quantitative estimate of drug-likeness (QED) is 0.609. The van der Waals surface area contributed by atoms with Crippen LogP contribution in [0.2, 0.25) is 0 Å². The summed E-state index contributed by atoms with van der Waals surface area (Å²) in [6, 6.07) is 2.86. The van der Waals surface area contributed by atoms with Crippen molar-refractivity contribution >= 4 is 15.8 Å². The van der Waals surface area contributed by atoms with Crippen LogP contribution in [-0.4, -0.2) is 44.0 Å². The maximum Gasteiger partial charge on any atom is 0.243 e. The topological polar surface area (TPSA) is 97.5 Å². The first kappa shape index (κ1) is 15.2. The second-order valence-electron chi connectivity index (χ2n) is 4.80. The van der Waals surface area contributed by atoms with E-state index in [1.165, 1.54) is 22.6 Å². The molecule has 20 heavy (non-hydrogen) atoms. The van der Waals surface area contributed by atoms with Crippen molar-refractivity contribution in [3.8, 4) is 0 Å². The molecule has 1 atom stereocenters. The van der Waals surface area contributed by atoms with Crippen LogP contribution in [0.15, 0.2) is 23.2 Å². The van der Waals surface area contributed by atoms with Crippen LogP contribution < -0.4 is 11.3 Å². The zero-order chi connectivity index (χ0) is 14.6. The minimum atomic E-state index is -3.55. The molecule has 1 saturated heterocycles. The normalized spacial score (nSPS) is 20.1. The number of pyridine rings is 1. The van der Waals surface area contributed by atoms with Crippen LogP contribution in [-0.2, 0) is 14.8 Å². The zero-order valence-electron chi connectivity index (χ0n) is 11.4. The summed E-state index contributed by atoms with van der Waals surface area (Å²) in [5, 5.41) is 0. The van der Waals surface area contributed by atoms with Crippen LogP contribution >= 0.6 is 0 Å². The number of hydrogen-bond acceptors (Lipinski definition) is 6. The molecule has 0 bridgehead atoms. The van der Waals surface area contributed by atoms with Crippen LogP contribution in [0.25, 0.3) is 0 Å². The number of ether oxygens (including phenoxy) is 1. The molecule has 1 aliphatic rings. The molecular weight excluding hydrogens is 280 g/mol. The van der Waals surface area contributed by atoms with Crippen molar-refractivity contribution in [2.45, 2.75) is 30.3 Å². The first-order valence-corrected chi connectivity index (χ1v) is 7.98. The van der Waals surface area contributed by atoms with Crippen molar-refractivity contribution in [3.63, 3.8) is 0 Å². The van der Waals surface area contributed by atoms with Crippen molar-refractivity contribution < 1.29 is 13.2 Å². The summed E-state index contributed by atoms with van der Waals surface area (Å²) in [6.07, 6.45) is 4.40. The molecule has 0 aliphatic carbocycles.